The number of hydrogen-bond donors (Lipinski definition) is 0. The van der Waals surface area contributed by atoms with E-state index in [9.17, 15) is 18.0 Å². The van der Waals surface area contributed by atoms with Crippen molar-refractivity contribution in [2.24, 2.45) is 22.7 Å². The van der Waals surface area contributed by atoms with Crippen molar-refractivity contribution in [1.82, 2.24) is 4.90 Å². The molecule has 5 fully saturated rings. The third-order valence-electron chi connectivity index (χ3n) is 8.58. The quantitative estimate of drug-likeness (QED) is 0.463. The highest BCUT2D eigenvalue weighted by Crippen LogP contribution is 2.66. The molecule has 1 aromatic carbocycles. The van der Waals surface area contributed by atoms with E-state index in [0.717, 1.165) is 31.0 Å². The van der Waals surface area contributed by atoms with Crippen LogP contribution in [0.25, 0.3) is 0 Å². The van der Waals surface area contributed by atoms with Gasteiger partial charge < -0.3 is 9.64 Å². The lowest BCUT2D eigenvalue weighted by Gasteiger charge is -2.61. The first kappa shape index (κ1) is 25.6. The molecule has 34 heavy (non-hydrogen) atoms. The van der Waals surface area contributed by atoms with Gasteiger partial charge in [0.15, 0.2) is 0 Å². The van der Waals surface area contributed by atoms with Crippen LogP contribution in [-0.4, -0.2) is 50.2 Å². The summed E-state index contributed by atoms with van der Waals surface area (Å²) in [6, 6.07) is 5.53. The third-order valence-corrected chi connectivity index (χ3v) is 8.58. The van der Waals surface area contributed by atoms with E-state index in [2.05, 4.69) is 11.8 Å². The van der Waals surface area contributed by atoms with E-state index >= 15 is 0 Å². The highest BCUT2D eigenvalue weighted by molar-refractivity contribution is 5.85. The number of carbonyl (C=O) groups is 1. The van der Waals surface area contributed by atoms with Gasteiger partial charge in [-0.1, -0.05) is 13.0 Å². The van der Waals surface area contributed by atoms with Crippen LogP contribution in [0, 0.1) is 22.7 Å². The molecule has 0 N–H and O–H groups in total. The Labute approximate surface area is 206 Å². The number of rotatable bonds is 6. The number of piperazine rings is 1. The molecule has 5 aliphatic rings. The summed E-state index contributed by atoms with van der Waals surface area (Å²) < 4.78 is 44.6. The van der Waals surface area contributed by atoms with Crippen molar-refractivity contribution in [2.75, 3.05) is 44.2 Å². The molecular formula is C26H36ClF3N2O2. The van der Waals surface area contributed by atoms with E-state index in [0.29, 0.717) is 43.8 Å². The molecule has 6 rings (SSSR count). The second-order valence-corrected chi connectivity index (χ2v) is 11.5. The van der Waals surface area contributed by atoms with E-state index in [1.807, 2.05) is 4.90 Å². The minimum Gasteiger partial charge on any atom is -0.464 e. The lowest BCUT2D eigenvalue weighted by atomic mass is 9.44. The maximum absolute atomic E-state index is 13.0. The summed E-state index contributed by atoms with van der Waals surface area (Å²) in [6.07, 6.45) is 3.86. The fourth-order valence-corrected chi connectivity index (χ4v) is 7.89. The molecule has 1 aliphatic heterocycles. The number of nitrogens with zero attached hydrogens (tertiary/aromatic N) is 2. The molecule has 4 atom stereocenters. The van der Waals surface area contributed by atoms with Crippen molar-refractivity contribution in [2.45, 2.75) is 58.0 Å². The van der Waals surface area contributed by atoms with Crippen LogP contribution in [0.1, 0.15) is 57.4 Å². The van der Waals surface area contributed by atoms with Gasteiger partial charge in [0.05, 0.1) is 12.0 Å². The largest absolute Gasteiger partial charge is 0.464 e. The van der Waals surface area contributed by atoms with Gasteiger partial charge >= 0.3 is 12.1 Å². The summed E-state index contributed by atoms with van der Waals surface area (Å²) in [7, 11) is 0. The second-order valence-electron chi connectivity index (χ2n) is 11.5. The van der Waals surface area contributed by atoms with Crippen molar-refractivity contribution in [3.8, 4) is 0 Å². The van der Waals surface area contributed by atoms with E-state index in [-0.39, 0.29) is 23.8 Å². The summed E-state index contributed by atoms with van der Waals surface area (Å²) >= 11 is 0. The Balaban J connectivity index is 0.00000274. The van der Waals surface area contributed by atoms with Gasteiger partial charge in [-0.2, -0.15) is 13.2 Å². The van der Waals surface area contributed by atoms with Gasteiger partial charge in [-0.25, -0.2) is 0 Å². The summed E-state index contributed by atoms with van der Waals surface area (Å²) in [5.74, 6) is 1.55. The molecule has 8 heteroatoms. The molecule has 190 valence electrons. The first-order valence-corrected chi connectivity index (χ1v) is 12.4. The number of anilines is 1. The monoisotopic (exact) mass is 500 g/mol. The number of esters is 1. The third kappa shape index (κ3) is 5.51. The van der Waals surface area contributed by atoms with Crippen LogP contribution in [0.4, 0.5) is 18.9 Å². The molecule has 2 unspecified atom stereocenters. The van der Waals surface area contributed by atoms with E-state index in [1.165, 1.54) is 50.7 Å². The normalized spacial score (nSPS) is 33.0. The number of carbonyl (C=O) groups excluding carboxylic acids is 1. The molecule has 0 spiro atoms. The minimum absolute atomic E-state index is 0. The Morgan fingerprint density at radius 3 is 2.38 bits per heavy atom. The number of ether oxygens (including phenoxy) is 1. The van der Waals surface area contributed by atoms with Crippen molar-refractivity contribution >= 4 is 24.1 Å². The van der Waals surface area contributed by atoms with Crippen LogP contribution in [0.2, 0.25) is 0 Å². The smallest absolute Gasteiger partial charge is 0.416 e. The predicted octanol–water partition coefficient (Wildman–Crippen LogP) is 5.79. The SMILES string of the molecule is CC12C[C@H]3C[C@@H](C1)CC(CC(=O)OCCN1CCN(c4cccc(C(F)(F)F)c4)CC1)(C3)C2.Cl. The molecule has 1 saturated heterocycles. The molecule has 4 bridgehead atoms. The molecular weight excluding hydrogens is 465 g/mol. The van der Waals surface area contributed by atoms with Crippen LogP contribution in [0.3, 0.4) is 0 Å². The zero-order valence-electron chi connectivity index (χ0n) is 19.9. The van der Waals surface area contributed by atoms with Crippen LogP contribution in [0.15, 0.2) is 24.3 Å². The van der Waals surface area contributed by atoms with E-state index in [4.69, 9.17) is 4.74 Å². The fourth-order valence-electron chi connectivity index (χ4n) is 7.89. The van der Waals surface area contributed by atoms with Gasteiger partial charge in [0, 0.05) is 38.4 Å². The van der Waals surface area contributed by atoms with Gasteiger partial charge in [-0.15, -0.1) is 12.4 Å². The standard InChI is InChI=1S/C26H35F3N2O2.ClH/c1-24-13-19-11-20(14-24)16-25(15-19,18-24)17-23(32)33-10-9-30-5-7-31(8-6-30)22-4-2-3-21(12-22)26(27,28)29;/h2-4,12,19-20H,5-11,13-18H2,1H3;1H/t19-,20+,24?,25?;. The summed E-state index contributed by atoms with van der Waals surface area (Å²) in [5.41, 5.74) is 0.610. The van der Waals surface area contributed by atoms with E-state index in [1.54, 1.807) is 6.07 Å². The van der Waals surface area contributed by atoms with E-state index < -0.39 is 11.7 Å². The molecule has 0 amide bonds. The zero-order chi connectivity index (χ0) is 23.3. The maximum Gasteiger partial charge on any atom is 0.416 e. The predicted molar refractivity (Wildman–Crippen MR) is 128 cm³/mol. The molecule has 1 aromatic rings. The van der Waals surface area contributed by atoms with Gasteiger partial charge in [0.25, 0.3) is 0 Å². The van der Waals surface area contributed by atoms with Crippen molar-refractivity contribution in [3.05, 3.63) is 29.8 Å². The van der Waals surface area contributed by atoms with Crippen LogP contribution >= 0.6 is 12.4 Å². The van der Waals surface area contributed by atoms with Crippen LogP contribution in [0.5, 0.6) is 0 Å². The topological polar surface area (TPSA) is 32.8 Å². The molecule has 0 aromatic heterocycles. The van der Waals surface area contributed by atoms with Gasteiger partial charge in [0.1, 0.15) is 6.61 Å². The molecule has 4 nitrogen and oxygen atoms in total. The van der Waals surface area contributed by atoms with Gasteiger partial charge in [-0.3, -0.25) is 9.69 Å². The number of halogens is 4. The van der Waals surface area contributed by atoms with Gasteiger partial charge in [-0.05, 0) is 79.4 Å². The number of benzene rings is 1. The fraction of sp³-hybridized carbons (Fsp3) is 0.731. The zero-order valence-corrected chi connectivity index (χ0v) is 20.7. The summed E-state index contributed by atoms with van der Waals surface area (Å²) in [6.45, 7) is 6.32. The summed E-state index contributed by atoms with van der Waals surface area (Å²) in [4.78, 5) is 16.9. The maximum atomic E-state index is 13.0. The van der Waals surface area contributed by atoms with Crippen LogP contribution < -0.4 is 4.90 Å². The average molecular weight is 501 g/mol. The lowest BCUT2D eigenvalue weighted by Crippen LogP contribution is -2.51. The highest BCUT2D eigenvalue weighted by atomic mass is 35.5. The molecule has 4 saturated carbocycles. The number of alkyl halides is 3. The lowest BCUT2D eigenvalue weighted by molar-refractivity contribution is -0.157. The van der Waals surface area contributed by atoms with Crippen LogP contribution in [-0.2, 0) is 15.7 Å². The first-order valence-electron chi connectivity index (χ1n) is 12.4. The molecule has 1 heterocycles. The first-order chi connectivity index (χ1) is 15.6. The highest BCUT2D eigenvalue weighted by Gasteiger charge is 2.56. The minimum atomic E-state index is -4.32. The Hall–Kier alpha value is -1.47. The summed E-state index contributed by atoms with van der Waals surface area (Å²) in [5, 5.41) is 0. The second kappa shape index (κ2) is 9.53. The van der Waals surface area contributed by atoms with Gasteiger partial charge in [0.2, 0.25) is 0 Å². The number of hydrogen-bond acceptors (Lipinski definition) is 4. The molecule has 4 aliphatic carbocycles. The Kier molecular flexibility index (Phi) is 7.18. The van der Waals surface area contributed by atoms with Crippen molar-refractivity contribution in [3.63, 3.8) is 0 Å². The molecule has 0 radical (unpaired) electrons. The van der Waals surface area contributed by atoms with Crippen molar-refractivity contribution in [1.29, 1.82) is 0 Å². The average Bonchev–Trinajstić information content (AvgIpc) is 2.71. The Morgan fingerprint density at radius 2 is 1.76 bits per heavy atom. The Morgan fingerprint density at radius 1 is 1.09 bits per heavy atom. The van der Waals surface area contributed by atoms with Crippen molar-refractivity contribution < 1.29 is 22.7 Å². The Bertz CT molecular complexity index is 871.